The van der Waals surface area contributed by atoms with Gasteiger partial charge in [0.05, 0.1) is 16.5 Å². The van der Waals surface area contributed by atoms with Crippen LogP contribution in [0, 0.1) is 28.8 Å². The topological polar surface area (TPSA) is 83.8 Å². The minimum atomic E-state index is -0.960. The van der Waals surface area contributed by atoms with Crippen LogP contribution in [0.5, 0.6) is 0 Å². The Bertz CT molecular complexity index is 1020. The number of halogens is 1. The molecule has 2 amide bonds. The van der Waals surface area contributed by atoms with Crippen molar-refractivity contribution in [3.05, 3.63) is 63.5 Å². The number of nitrogens with zero attached hydrogens (tertiary/aromatic N) is 3. The summed E-state index contributed by atoms with van der Waals surface area (Å²) in [4.78, 5) is 39.0. The van der Waals surface area contributed by atoms with Gasteiger partial charge in [-0.1, -0.05) is 12.1 Å². The summed E-state index contributed by atoms with van der Waals surface area (Å²) in [6.45, 7) is 2.75. The van der Waals surface area contributed by atoms with Crippen molar-refractivity contribution in [3.8, 4) is 0 Å². The van der Waals surface area contributed by atoms with Crippen molar-refractivity contribution in [2.75, 3.05) is 22.9 Å². The molecule has 2 aliphatic rings. The number of benzene rings is 2. The lowest BCUT2D eigenvalue weighted by Crippen LogP contribution is -2.40. The molecule has 0 radical (unpaired) electrons. The smallest absolute Gasteiger partial charge is 0.306 e. The second-order valence-electron chi connectivity index (χ2n) is 7.46. The molecule has 0 spiro atoms. The van der Waals surface area contributed by atoms with Crippen molar-refractivity contribution in [3.63, 3.8) is 0 Å². The number of anilines is 2. The van der Waals surface area contributed by atoms with Crippen molar-refractivity contribution in [2.24, 2.45) is 5.92 Å². The second kappa shape index (κ2) is 7.27. The number of carbonyl (C=O) groups is 2. The van der Waals surface area contributed by atoms with E-state index in [-0.39, 0.29) is 30.5 Å². The molecule has 2 aromatic carbocycles. The molecular formula is C21H20FN3O4. The van der Waals surface area contributed by atoms with Crippen molar-refractivity contribution < 1.29 is 18.9 Å². The molecule has 2 aliphatic heterocycles. The molecule has 1 atom stereocenters. The van der Waals surface area contributed by atoms with Gasteiger partial charge in [-0.05, 0) is 49.1 Å². The molecule has 0 saturated carbocycles. The molecule has 0 bridgehead atoms. The van der Waals surface area contributed by atoms with Crippen LogP contribution < -0.4 is 9.80 Å². The van der Waals surface area contributed by atoms with Crippen molar-refractivity contribution >= 4 is 28.9 Å². The molecule has 2 aromatic rings. The highest BCUT2D eigenvalue weighted by molar-refractivity contribution is 6.05. The Morgan fingerprint density at radius 2 is 2.07 bits per heavy atom. The van der Waals surface area contributed by atoms with Gasteiger partial charge in [0.2, 0.25) is 17.6 Å². The molecule has 0 aromatic heterocycles. The van der Waals surface area contributed by atoms with Gasteiger partial charge < -0.3 is 9.80 Å². The molecule has 29 heavy (non-hydrogen) atoms. The number of carbonyl (C=O) groups excluding carboxylic acids is 2. The van der Waals surface area contributed by atoms with Crippen LogP contribution in [0.1, 0.15) is 24.0 Å². The van der Waals surface area contributed by atoms with Gasteiger partial charge in [0, 0.05) is 31.3 Å². The van der Waals surface area contributed by atoms with Gasteiger partial charge in [-0.25, -0.2) is 0 Å². The Morgan fingerprint density at radius 3 is 2.83 bits per heavy atom. The van der Waals surface area contributed by atoms with Gasteiger partial charge in [0.25, 0.3) is 0 Å². The van der Waals surface area contributed by atoms with Crippen molar-refractivity contribution in [1.82, 2.24) is 0 Å². The average molecular weight is 397 g/mol. The normalized spacial score (nSPS) is 18.7. The third kappa shape index (κ3) is 3.35. The van der Waals surface area contributed by atoms with E-state index < -0.39 is 22.3 Å². The average Bonchev–Trinajstić information content (AvgIpc) is 3.09. The summed E-state index contributed by atoms with van der Waals surface area (Å²) in [7, 11) is 0. The third-order valence-electron chi connectivity index (χ3n) is 5.66. The standard InChI is InChI=1S/C21H20FN3O4/c1-13-4-2-6-18-16(13)5-3-9-23(18)21(27)14-10-20(26)24(12-14)15-7-8-17(22)19(11-15)25(28)29/h2,4,6-8,11,14H,3,5,9-10,12H2,1H3. The molecule has 0 N–H and O–H groups in total. The van der Waals surface area contributed by atoms with E-state index in [4.69, 9.17) is 0 Å². The van der Waals surface area contributed by atoms with E-state index in [0.29, 0.717) is 6.54 Å². The number of hydrogen-bond acceptors (Lipinski definition) is 4. The van der Waals surface area contributed by atoms with E-state index in [2.05, 4.69) is 0 Å². The van der Waals surface area contributed by atoms with Gasteiger partial charge in [-0.15, -0.1) is 0 Å². The first kappa shape index (κ1) is 19.0. The number of nitro benzene ring substituents is 1. The summed E-state index contributed by atoms with van der Waals surface area (Å²) in [5, 5.41) is 11.0. The van der Waals surface area contributed by atoms with E-state index in [1.807, 2.05) is 25.1 Å². The predicted molar refractivity (Wildman–Crippen MR) is 105 cm³/mol. The quantitative estimate of drug-likeness (QED) is 0.587. The van der Waals surface area contributed by atoms with Crippen molar-refractivity contribution in [2.45, 2.75) is 26.2 Å². The van der Waals surface area contributed by atoms with Crippen LogP contribution in [0.3, 0.4) is 0 Å². The molecule has 150 valence electrons. The summed E-state index contributed by atoms with van der Waals surface area (Å²) >= 11 is 0. The van der Waals surface area contributed by atoms with Crippen LogP contribution in [0.15, 0.2) is 36.4 Å². The molecule has 8 heteroatoms. The SMILES string of the molecule is Cc1cccc2c1CCCN2C(=O)C1CC(=O)N(c2ccc(F)c([N+](=O)[O-])c2)C1. The lowest BCUT2D eigenvalue weighted by Gasteiger charge is -2.32. The summed E-state index contributed by atoms with van der Waals surface area (Å²) < 4.78 is 13.6. The molecular weight excluding hydrogens is 377 g/mol. The molecule has 1 unspecified atom stereocenters. The zero-order valence-electron chi connectivity index (χ0n) is 15.9. The molecule has 7 nitrogen and oxygen atoms in total. The number of fused-ring (bicyclic) bond motifs is 1. The van der Waals surface area contributed by atoms with Crippen LogP contribution in [-0.2, 0) is 16.0 Å². The van der Waals surface area contributed by atoms with Gasteiger partial charge in [-0.2, -0.15) is 4.39 Å². The van der Waals surface area contributed by atoms with Crippen LogP contribution in [0.4, 0.5) is 21.5 Å². The Kier molecular flexibility index (Phi) is 4.77. The van der Waals surface area contributed by atoms with Crippen LogP contribution in [0.25, 0.3) is 0 Å². The zero-order valence-corrected chi connectivity index (χ0v) is 15.9. The van der Waals surface area contributed by atoms with Crippen LogP contribution >= 0.6 is 0 Å². The number of rotatable bonds is 3. The maximum atomic E-state index is 13.6. The Balaban J connectivity index is 1.58. The number of amides is 2. The summed E-state index contributed by atoms with van der Waals surface area (Å²) in [5.41, 5.74) is 2.73. The van der Waals surface area contributed by atoms with E-state index in [1.165, 1.54) is 11.0 Å². The minimum absolute atomic E-state index is 0.0294. The number of aryl methyl sites for hydroxylation is 1. The van der Waals surface area contributed by atoms with E-state index in [9.17, 15) is 24.1 Å². The summed E-state index contributed by atoms with van der Waals surface area (Å²) in [6, 6.07) is 9.21. The predicted octanol–water partition coefficient (Wildman–Crippen LogP) is 3.37. The fourth-order valence-corrected chi connectivity index (χ4v) is 4.18. The maximum Gasteiger partial charge on any atom is 0.306 e. The monoisotopic (exact) mass is 397 g/mol. The Morgan fingerprint density at radius 1 is 1.28 bits per heavy atom. The number of hydrogen-bond donors (Lipinski definition) is 0. The fraction of sp³-hybridized carbons (Fsp3) is 0.333. The highest BCUT2D eigenvalue weighted by Gasteiger charge is 2.39. The largest absolute Gasteiger partial charge is 0.312 e. The van der Waals surface area contributed by atoms with Crippen LogP contribution in [0.2, 0.25) is 0 Å². The summed E-state index contributed by atoms with van der Waals surface area (Å²) in [5.74, 6) is -1.92. The van der Waals surface area contributed by atoms with E-state index >= 15 is 0 Å². The van der Waals surface area contributed by atoms with Gasteiger partial charge >= 0.3 is 5.69 Å². The Hall–Kier alpha value is -3.29. The van der Waals surface area contributed by atoms with Gasteiger partial charge in [0.1, 0.15) is 0 Å². The highest BCUT2D eigenvalue weighted by atomic mass is 19.1. The molecule has 4 rings (SSSR count). The summed E-state index contributed by atoms with van der Waals surface area (Å²) in [6.07, 6.45) is 1.81. The highest BCUT2D eigenvalue weighted by Crippen LogP contribution is 2.34. The van der Waals surface area contributed by atoms with E-state index in [1.54, 1.807) is 4.90 Å². The first-order valence-electron chi connectivity index (χ1n) is 9.51. The molecule has 0 aliphatic carbocycles. The van der Waals surface area contributed by atoms with Gasteiger partial charge in [0.15, 0.2) is 0 Å². The van der Waals surface area contributed by atoms with E-state index in [0.717, 1.165) is 41.8 Å². The first-order chi connectivity index (χ1) is 13.9. The molecule has 1 saturated heterocycles. The molecule has 1 fully saturated rings. The van der Waals surface area contributed by atoms with Gasteiger partial charge in [-0.3, -0.25) is 19.7 Å². The first-order valence-corrected chi connectivity index (χ1v) is 9.51. The van der Waals surface area contributed by atoms with Crippen molar-refractivity contribution in [1.29, 1.82) is 0 Å². The van der Waals surface area contributed by atoms with Crippen LogP contribution in [-0.4, -0.2) is 29.8 Å². The number of nitro groups is 1. The zero-order chi connectivity index (χ0) is 20.7. The molecule has 2 heterocycles. The second-order valence-corrected chi connectivity index (χ2v) is 7.46. The Labute approximate surface area is 166 Å². The lowest BCUT2D eigenvalue weighted by molar-refractivity contribution is -0.387. The maximum absolute atomic E-state index is 13.6. The fourth-order valence-electron chi connectivity index (χ4n) is 4.18. The third-order valence-corrected chi connectivity index (χ3v) is 5.66. The minimum Gasteiger partial charge on any atom is -0.312 e. The lowest BCUT2D eigenvalue weighted by atomic mass is 9.95.